The van der Waals surface area contributed by atoms with Crippen LogP contribution in [0.1, 0.15) is 110 Å². The standard InChI is InChI=1S/C30H48IN3OS2/c1-2-16-28-24-34(29(36)33-26-18-14-17-25(31)23-26)30(37-28)32-21-13-11-9-7-5-3-4-6-8-10-12-19-27-20-15-22-35-27/h14,17-18,23,27-28H,2-13,15-16,19-22,24H2,1H3,(H,33,36). The predicted molar refractivity (Wildman–Crippen MR) is 175 cm³/mol. The lowest BCUT2D eigenvalue weighted by Gasteiger charge is -2.20. The smallest absolute Gasteiger partial charge is 0.179 e. The molecule has 1 aromatic carbocycles. The third-order valence-electron chi connectivity index (χ3n) is 7.28. The van der Waals surface area contributed by atoms with Crippen molar-refractivity contribution in [1.82, 2.24) is 4.90 Å². The predicted octanol–water partition coefficient (Wildman–Crippen LogP) is 9.42. The number of amidine groups is 1. The Hall–Kier alpha value is -0.380. The Morgan fingerprint density at radius 1 is 1.05 bits per heavy atom. The summed E-state index contributed by atoms with van der Waals surface area (Å²) in [5.74, 6) is 0. The van der Waals surface area contributed by atoms with Gasteiger partial charge in [0, 0.05) is 34.2 Å². The van der Waals surface area contributed by atoms with Crippen molar-refractivity contribution in [2.75, 3.05) is 25.0 Å². The van der Waals surface area contributed by atoms with Gasteiger partial charge in [-0.15, -0.1) is 0 Å². The summed E-state index contributed by atoms with van der Waals surface area (Å²) in [6.07, 6.45) is 21.8. The second kappa shape index (κ2) is 18.8. The Kier molecular flexibility index (Phi) is 15.9. The summed E-state index contributed by atoms with van der Waals surface area (Å²) in [5, 5.41) is 5.90. The van der Waals surface area contributed by atoms with Crippen molar-refractivity contribution in [3.8, 4) is 0 Å². The van der Waals surface area contributed by atoms with Gasteiger partial charge in [0.05, 0.1) is 6.10 Å². The molecule has 2 aliphatic heterocycles. The van der Waals surface area contributed by atoms with Crippen LogP contribution in [-0.4, -0.2) is 46.2 Å². The molecule has 0 bridgehead atoms. The molecule has 0 amide bonds. The van der Waals surface area contributed by atoms with Crippen LogP contribution in [0.15, 0.2) is 29.3 Å². The molecule has 2 heterocycles. The lowest BCUT2D eigenvalue weighted by Crippen LogP contribution is -2.36. The van der Waals surface area contributed by atoms with Crippen LogP contribution >= 0.6 is 46.6 Å². The third kappa shape index (κ3) is 12.6. The van der Waals surface area contributed by atoms with Gasteiger partial charge in [0.1, 0.15) is 0 Å². The zero-order chi connectivity index (χ0) is 26.1. The monoisotopic (exact) mass is 657 g/mol. The van der Waals surface area contributed by atoms with Crippen LogP contribution < -0.4 is 5.32 Å². The minimum atomic E-state index is 0.582. The number of nitrogens with one attached hydrogen (secondary N) is 1. The average molecular weight is 658 g/mol. The van der Waals surface area contributed by atoms with Crippen molar-refractivity contribution in [2.45, 2.75) is 121 Å². The largest absolute Gasteiger partial charge is 0.378 e. The Labute approximate surface area is 249 Å². The van der Waals surface area contributed by atoms with Crippen LogP contribution in [0.2, 0.25) is 0 Å². The number of thiocarbonyl (C=S) groups is 1. The Morgan fingerprint density at radius 2 is 1.76 bits per heavy atom. The molecule has 7 heteroatoms. The molecule has 3 rings (SSSR count). The van der Waals surface area contributed by atoms with Crippen molar-refractivity contribution in [3.63, 3.8) is 0 Å². The molecule has 0 spiro atoms. The molecule has 208 valence electrons. The van der Waals surface area contributed by atoms with Crippen molar-refractivity contribution in [3.05, 3.63) is 27.8 Å². The van der Waals surface area contributed by atoms with Crippen molar-refractivity contribution in [2.24, 2.45) is 4.99 Å². The number of hydrogen-bond donors (Lipinski definition) is 1. The van der Waals surface area contributed by atoms with Gasteiger partial charge < -0.3 is 10.1 Å². The van der Waals surface area contributed by atoms with Crippen molar-refractivity contribution in [1.29, 1.82) is 0 Å². The van der Waals surface area contributed by atoms with Crippen molar-refractivity contribution >= 4 is 62.5 Å². The van der Waals surface area contributed by atoms with Crippen LogP contribution in [0.25, 0.3) is 0 Å². The van der Waals surface area contributed by atoms with Gasteiger partial charge in [0.15, 0.2) is 10.3 Å². The van der Waals surface area contributed by atoms with Gasteiger partial charge in [-0.05, 0) is 85.1 Å². The highest BCUT2D eigenvalue weighted by Crippen LogP contribution is 2.30. The Morgan fingerprint density at radius 3 is 2.41 bits per heavy atom. The third-order valence-corrected chi connectivity index (χ3v) is 9.55. The fraction of sp³-hybridized carbons (Fsp3) is 0.733. The lowest BCUT2D eigenvalue weighted by atomic mass is 10.0. The normalized spacial score (nSPS) is 20.7. The van der Waals surface area contributed by atoms with E-state index in [0.29, 0.717) is 11.4 Å². The van der Waals surface area contributed by atoms with Gasteiger partial charge in [0.25, 0.3) is 0 Å². The van der Waals surface area contributed by atoms with E-state index in [1.807, 2.05) is 11.8 Å². The first-order valence-corrected chi connectivity index (χ1v) is 17.2. The highest BCUT2D eigenvalue weighted by atomic mass is 127. The summed E-state index contributed by atoms with van der Waals surface area (Å²) in [5.41, 5.74) is 1.05. The number of benzene rings is 1. The van der Waals surface area contributed by atoms with Gasteiger partial charge in [-0.25, -0.2) is 0 Å². The zero-order valence-corrected chi connectivity index (χ0v) is 26.7. The van der Waals surface area contributed by atoms with E-state index in [1.165, 1.54) is 106 Å². The molecule has 2 aliphatic rings. The number of thioether (sulfide) groups is 1. The van der Waals surface area contributed by atoms with E-state index >= 15 is 0 Å². The highest BCUT2D eigenvalue weighted by Gasteiger charge is 2.30. The minimum absolute atomic E-state index is 0.582. The molecule has 0 aliphatic carbocycles. The summed E-state index contributed by atoms with van der Waals surface area (Å²) in [7, 11) is 0. The molecular weight excluding hydrogens is 609 g/mol. The molecule has 0 radical (unpaired) electrons. The lowest BCUT2D eigenvalue weighted by molar-refractivity contribution is 0.102. The number of unbranched alkanes of at least 4 members (excludes halogenated alkanes) is 10. The van der Waals surface area contributed by atoms with E-state index in [9.17, 15) is 0 Å². The van der Waals surface area contributed by atoms with E-state index in [0.717, 1.165) is 35.7 Å². The van der Waals surface area contributed by atoms with E-state index < -0.39 is 0 Å². The van der Waals surface area contributed by atoms with E-state index in [4.69, 9.17) is 21.9 Å². The van der Waals surface area contributed by atoms with Crippen molar-refractivity contribution < 1.29 is 4.74 Å². The van der Waals surface area contributed by atoms with Gasteiger partial charge >= 0.3 is 0 Å². The Balaban J connectivity index is 1.23. The van der Waals surface area contributed by atoms with E-state index in [-0.39, 0.29) is 0 Å². The van der Waals surface area contributed by atoms with Gasteiger partial charge in [-0.3, -0.25) is 9.89 Å². The van der Waals surface area contributed by atoms with Crippen LogP contribution in [0.3, 0.4) is 0 Å². The van der Waals surface area contributed by atoms with Crippen LogP contribution in [0.5, 0.6) is 0 Å². The molecule has 0 saturated carbocycles. The summed E-state index contributed by atoms with van der Waals surface area (Å²) in [6, 6.07) is 8.37. The minimum Gasteiger partial charge on any atom is -0.378 e. The second-order valence-corrected chi connectivity index (χ2v) is 13.5. The first kappa shape index (κ1) is 31.2. The molecule has 1 N–H and O–H groups in total. The molecule has 2 fully saturated rings. The van der Waals surface area contributed by atoms with Gasteiger partial charge in [-0.1, -0.05) is 95.4 Å². The molecule has 0 aromatic heterocycles. The fourth-order valence-corrected chi connectivity index (χ4v) is 7.39. The number of ether oxygens (including phenoxy) is 1. The van der Waals surface area contributed by atoms with Gasteiger partial charge in [0.2, 0.25) is 0 Å². The molecule has 2 saturated heterocycles. The maximum atomic E-state index is 5.79. The molecule has 4 nitrogen and oxygen atoms in total. The maximum Gasteiger partial charge on any atom is 0.179 e. The molecule has 1 aromatic rings. The summed E-state index contributed by atoms with van der Waals surface area (Å²) in [4.78, 5) is 7.22. The van der Waals surface area contributed by atoms with E-state index in [2.05, 4.69) is 64.0 Å². The number of anilines is 1. The van der Waals surface area contributed by atoms with Crippen LogP contribution in [-0.2, 0) is 4.74 Å². The van der Waals surface area contributed by atoms with E-state index in [1.54, 1.807) is 0 Å². The maximum absolute atomic E-state index is 5.79. The second-order valence-electron chi connectivity index (χ2n) is 10.6. The molecular formula is C30H48IN3OS2. The number of halogens is 1. The number of aliphatic imine (C=N–C) groups is 1. The molecule has 2 atom stereocenters. The summed E-state index contributed by atoms with van der Waals surface area (Å²) < 4.78 is 6.93. The highest BCUT2D eigenvalue weighted by molar-refractivity contribution is 14.1. The zero-order valence-electron chi connectivity index (χ0n) is 22.9. The SMILES string of the molecule is CCCC1CN(C(=S)Nc2cccc(I)c2)C(=NCCCCCCCCCCCCCC2CCCO2)S1. The number of rotatable bonds is 17. The fourth-order valence-electron chi connectivity index (χ4n) is 5.17. The van der Waals surface area contributed by atoms with Crippen LogP contribution in [0.4, 0.5) is 5.69 Å². The quantitative estimate of drug-likeness (QED) is 0.103. The van der Waals surface area contributed by atoms with Gasteiger partial charge in [-0.2, -0.15) is 0 Å². The first-order valence-electron chi connectivity index (χ1n) is 14.8. The molecule has 2 unspecified atom stereocenters. The molecule has 37 heavy (non-hydrogen) atoms. The van der Waals surface area contributed by atoms with Crippen LogP contribution in [0, 0.1) is 3.57 Å². The number of nitrogens with zero attached hydrogens (tertiary/aromatic N) is 2. The Bertz CT molecular complexity index is 816. The summed E-state index contributed by atoms with van der Waals surface area (Å²) >= 11 is 10.0. The topological polar surface area (TPSA) is 36.9 Å². The summed E-state index contributed by atoms with van der Waals surface area (Å²) in [6.45, 7) is 5.13. The first-order chi connectivity index (χ1) is 18.2. The average Bonchev–Trinajstić information content (AvgIpc) is 3.54. The number of hydrogen-bond acceptors (Lipinski definition) is 4.